The summed E-state index contributed by atoms with van der Waals surface area (Å²) in [6.45, 7) is 6.98. The van der Waals surface area contributed by atoms with Gasteiger partial charge in [-0.15, -0.1) is 0 Å². The molecule has 8 nitrogen and oxygen atoms in total. The molecule has 0 spiro atoms. The Morgan fingerprint density at radius 2 is 1.07 bits per heavy atom. The van der Waals surface area contributed by atoms with Gasteiger partial charge in [0.05, 0.1) is 0 Å². The minimum absolute atomic E-state index is 0. The minimum atomic E-state index is -4.78. The Hall–Kier alpha value is -0.660. The SMILES string of the molecule is Cc1cc(C)c(OP(=O)(O)O)c(Cc2cc(C)cc(C)c2OP(=O)(O)O)c1.[H-].[Na+]. The fourth-order valence-corrected chi connectivity index (χ4v) is 4.05. The van der Waals surface area contributed by atoms with Gasteiger partial charge in [0.1, 0.15) is 11.5 Å². The van der Waals surface area contributed by atoms with E-state index in [-0.39, 0.29) is 48.9 Å². The molecule has 0 atom stereocenters. The summed E-state index contributed by atoms with van der Waals surface area (Å²) in [6.07, 6.45) is 0.107. The molecule has 0 unspecified atom stereocenters. The summed E-state index contributed by atoms with van der Waals surface area (Å²) in [7, 11) is -9.56. The Morgan fingerprint density at radius 3 is 1.36 bits per heavy atom. The predicted molar refractivity (Wildman–Crippen MR) is 101 cm³/mol. The van der Waals surface area contributed by atoms with Crippen LogP contribution in [0.15, 0.2) is 24.3 Å². The van der Waals surface area contributed by atoms with E-state index in [2.05, 4.69) is 0 Å². The van der Waals surface area contributed by atoms with Crippen LogP contribution >= 0.6 is 15.6 Å². The Kier molecular flexibility index (Phi) is 8.55. The monoisotopic (exact) mass is 440 g/mol. The van der Waals surface area contributed by atoms with Gasteiger partial charge in [-0.3, -0.25) is 19.6 Å². The second-order valence-corrected chi connectivity index (χ2v) is 8.81. The number of aryl methyl sites for hydroxylation is 4. The van der Waals surface area contributed by atoms with Crippen LogP contribution < -0.4 is 38.6 Å². The molecular weight excluding hydrogens is 417 g/mol. The first-order valence-corrected chi connectivity index (χ1v) is 11.0. The fraction of sp³-hybridized carbons (Fsp3) is 0.294. The van der Waals surface area contributed by atoms with Crippen LogP contribution in [0.25, 0.3) is 0 Å². The van der Waals surface area contributed by atoms with Gasteiger partial charge in [-0.2, -0.15) is 0 Å². The molecule has 0 saturated heterocycles. The van der Waals surface area contributed by atoms with E-state index in [0.717, 1.165) is 11.1 Å². The predicted octanol–water partition coefficient (Wildman–Crippen LogP) is 0.571. The quantitative estimate of drug-likeness (QED) is 0.379. The Morgan fingerprint density at radius 1 is 0.750 bits per heavy atom. The summed E-state index contributed by atoms with van der Waals surface area (Å²) in [5.74, 6) is 0.0745. The summed E-state index contributed by atoms with van der Waals surface area (Å²) in [4.78, 5) is 36.8. The van der Waals surface area contributed by atoms with Crippen molar-refractivity contribution in [2.24, 2.45) is 0 Å². The molecule has 0 aliphatic carbocycles. The van der Waals surface area contributed by atoms with E-state index in [9.17, 15) is 28.7 Å². The molecule has 0 aliphatic heterocycles. The zero-order chi connectivity index (χ0) is 20.6. The molecule has 0 fully saturated rings. The number of hydrogen-bond donors (Lipinski definition) is 4. The van der Waals surface area contributed by atoms with E-state index >= 15 is 0 Å². The third-order valence-electron chi connectivity index (χ3n) is 3.79. The number of hydrogen-bond acceptors (Lipinski definition) is 4. The van der Waals surface area contributed by atoms with Crippen molar-refractivity contribution in [1.82, 2.24) is 0 Å². The van der Waals surface area contributed by atoms with Crippen molar-refractivity contribution in [3.05, 3.63) is 57.6 Å². The fourth-order valence-electron chi connectivity index (χ4n) is 3.05. The van der Waals surface area contributed by atoms with E-state index in [4.69, 9.17) is 9.05 Å². The normalized spacial score (nSPS) is 11.7. The van der Waals surface area contributed by atoms with E-state index in [0.29, 0.717) is 22.3 Å². The molecule has 11 heteroatoms. The molecule has 0 aromatic heterocycles. The van der Waals surface area contributed by atoms with Gasteiger partial charge in [-0.05, 0) is 49.9 Å². The summed E-state index contributed by atoms with van der Waals surface area (Å²) in [5.41, 5.74) is 3.71. The molecule has 150 valence electrons. The van der Waals surface area contributed by atoms with Gasteiger partial charge in [-0.1, -0.05) is 35.4 Å². The average molecular weight is 440 g/mol. The van der Waals surface area contributed by atoms with Crippen LogP contribution in [0.5, 0.6) is 11.5 Å². The zero-order valence-corrected chi connectivity index (χ0v) is 20.1. The third-order valence-corrected chi connectivity index (χ3v) is 4.63. The first-order chi connectivity index (χ1) is 12.2. The molecule has 28 heavy (non-hydrogen) atoms. The van der Waals surface area contributed by atoms with Gasteiger partial charge >= 0.3 is 45.2 Å². The van der Waals surface area contributed by atoms with Crippen LogP contribution in [0.4, 0.5) is 0 Å². The van der Waals surface area contributed by atoms with Crippen LogP contribution in [-0.4, -0.2) is 19.6 Å². The van der Waals surface area contributed by atoms with Crippen molar-refractivity contribution in [1.29, 1.82) is 0 Å². The molecule has 2 aromatic rings. The van der Waals surface area contributed by atoms with Gasteiger partial charge in [0.25, 0.3) is 0 Å². The van der Waals surface area contributed by atoms with Crippen LogP contribution in [0.2, 0.25) is 0 Å². The van der Waals surface area contributed by atoms with E-state index in [1.54, 1.807) is 38.1 Å². The van der Waals surface area contributed by atoms with Crippen molar-refractivity contribution >= 4 is 15.6 Å². The second-order valence-electron chi connectivity index (χ2n) is 6.48. The van der Waals surface area contributed by atoms with E-state index < -0.39 is 15.6 Å². The molecule has 4 N–H and O–H groups in total. The molecule has 0 radical (unpaired) electrons. The van der Waals surface area contributed by atoms with Crippen molar-refractivity contribution < 1.29 is 68.7 Å². The van der Waals surface area contributed by atoms with E-state index in [1.165, 1.54) is 0 Å². The number of benzene rings is 2. The maximum Gasteiger partial charge on any atom is 1.00 e. The van der Waals surface area contributed by atoms with Crippen LogP contribution in [0, 0.1) is 27.7 Å². The largest absolute Gasteiger partial charge is 1.00 e. The minimum Gasteiger partial charge on any atom is -1.00 e. The topological polar surface area (TPSA) is 134 Å². The first-order valence-electron chi connectivity index (χ1n) is 7.96. The molecule has 2 rings (SSSR count). The van der Waals surface area contributed by atoms with E-state index in [1.807, 2.05) is 13.8 Å². The standard InChI is InChI=1S/C17H22O8P2.Na.H/c1-10-5-12(3)16(24-26(18,19)20)14(7-10)9-15-8-11(2)6-13(4)17(15)25-27(21,22)23;;/h5-8H,9H2,1-4H3,(H2,18,19,20)(H2,21,22,23);;/q;+1;-1. The van der Waals surface area contributed by atoms with Crippen molar-refractivity contribution in [3.63, 3.8) is 0 Å². The van der Waals surface area contributed by atoms with Gasteiger partial charge in [0.15, 0.2) is 0 Å². The Bertz CT molecular complexity index is 893. The number of phosphoric ester groups is 2. The maximum atomic E-state index is 11.3. The molecule has 2 aromatic carbocycles. The summed E-state index contributed by atoms with van der Waals surface area (Å²) in [6, 6.07) is 6.86. The summed E-state index contributed by atoms with van der Waals surface area (Å²) < 4.78 is 32.4. The van der Waals surface area contributed by atoms with Crippen molar-refractivity contribution in [2.45, 2.75) is 34.1 Å². The number of rotatable bonds is 6. The van der Waals surface area contributed by atoms with Gasteiger partial charge in [0.2, 0.25) is 0 Å². The first kappa shape index (κ1) is 25.4. The second kappa shape index (κ2) is 9.43. The Balaban J connectivity index is 0.00000392. The van der Waals surface area contributed by atoms with Crippen LogP contribution in [-0.2, 0) is 15.6 Å². The van der Waals surface area contributed by atoms with Crippen molar-refractivity contribution in [2.75, 3.05) is 0 Å². The summed E-state index contributed by atoms with van der Waals surface area (Å²) >= 11 is 0. The van der Waals surface area contributed by atoms with Crippen LogP contribution in [0.1, 0.15) is 34.8 Å². The van der Waals surface area contributed by atoms with Gasteiger partial charge < -0.3 is 10.5 Å². The molecule has 0 aliphatic rings. The van der Waals surface area contributed by atoms with Gasteiger partial charge in [0, 0.05) is 6.42 Å². The number of phosphoric acid groups is 2. The third kappa shape index (κ3) is 7.30. The van der Waals surface area contributed by atoms with Gasteiger partial charge in [-0.25, -0.2) is 9.13 Å². The molecule has 0 saturated carbocycles. The molecule has 0 amide bonds. The molecular formula is C17H23NaO8P2. The zero-order valence-electron chi connectivity index (χ0n) is 17.3. The maximum absolute atomic E-state index is 11.3. The average Bonchev–Trinajstić information content (AvgIpc) is 2.44. The smallest absolute Gasteiger partial charge is 1.00 e. The molecule has 0 heterocycles. The van der Waals surface area contributed by atoms with Crippen LogP contribution in [0.3, 0.4) is 0 Å². The Labute approximate surface area is 187 Å². The van der Waals surface area contributed by atoms with Crippen molar-refractivity contribution in [3.8, 4) is 11.5 Å². The molecule has 0 bridgehead atoms. The summed E-state index contributed by atoms with van der Waals surface area (Å²) in [5, 5.41) is 0.